The zero-order valence-corrected chi connectivity index (χ0v) is 9.34. The number of halogens is 1. The van der Waals surface area contributed by atoms with Crippen molar-refractivity contribution in [2.45, 2.75) is 19.5 Å². The Bertz CT molecular complexity index is 283. The molecule has 0 saturated heterocycles. The van der Waals surface area contributed by atoms with Crippen LogP contribution in [0.2, 0.25) is 0 Å². The van der Waals surface area contributed by atoms with Crippen LogP contribution in [0.1, 0.15) is 12.5 Å². The van der Waals surface area contributed by atoms with E-state index in [9.17, 15) is 0 Å². The number of hydrogen-bond acceptors (Lipinski definition) is 1. The van der Waals surface area contributed by atoms with Gasteiger partial charge in [-0.3, -0.25) is 0 Å². The molecule has 70 valence electrons. The maximum atomic E-state index is 3.72. The lowest BCUT2D eigenvalue weighted by Gasteiger charge is -2.09. The average molecular weight is 240 g/mol. The third kappa shape index (κ3) is 3.33. The Morgan fingerprint density at radius 2 is 2.23 bits per heavy atom. The van der Waals surface area contributed by atoms with Gasteiger partial charge in [-0.25, -0.2) is 0 Å². The van der Waals surface area contributed by atoms with Gasteiger partial charge in [0.1, 0.15) is 0 Å². The molecule has 0 aliphatic rings. The van der Waals surface area contributed by atoms with Gasteiger partial charge >= 0.3 is 0 Å². The van der Waals surface area contributed by atoms with Crippen LogP contribution in [-0.2, 0) is 6.54 Å². The van der Waals surface area contributed by atoms with Crippen LogP contribution >= 0.6 is 15.9 Å². The van der Waals surface area contributed by atoms with Gasteiger partial charge in [-0.2, -0.15) is 0 Å². The van der Waals surface area contributed by atoms with Crippen molar-refractivity contribution < 1.29 is 0 Å². The van der Waals surface area contributed by atoms with E-state index in [0.717, 1.165) is 11.0 Å². The minimum Gasteiger partial charge on any atom is -0.307 e. The molecule has 13 heavy (non-hydrogen) atoms. The van der Waals surface area contributed by atoms with Crippen molar-refractivity contribution in [1.29, 1.82) is 0 Å². The van der Waals surface area contributed by atoms with Gasteiger partial charge in [-0.1, -0.05) is 40.2 Å². The van der Waals surface area contributed by atoms with Crippen molar-refractivity contribution >= 4 is 15.9 Å². The topological polar surface area (TPSA) is 12.0 Å². The molecule has 0 spiro atoms. The number of nitrogens with one attached hydrogen (secondary N) is 1. The standard InChI is InChI=1S/C11H14BrN/c1-3-9(2)13-8-10-6-4-5-7-11(10)12/h3-7,9,13H,1,8H2,2H3. The first-order chi connectivity index (χ1) is 6.24. The van der Waals surface area contributed by atoms with Crippen LogP contribution < -0.4 is 5.32 Å². The Balaban J connectivity index is 2.54. The van der Waals surface area contributed by atoms with Crippen molar-refractivity contribution in [3.05, 3.63) is 47.0 Å². The fraction of sp³-hybridized carbons (Fsp3) is 0.273. The van der Waals surface area contributed by atoms with E-state index in [1.54, 1.807) is 0 Å². The van der Waals surface area contributed by atoms with Crippen LogP contribution in [0.25, 0.3) is 0 Å². The van der Waals surface area contributed by atoms with Crippen molar-refractivity contribution in [2.24, 2.45) is 0 Å². The van der Waals surface area contributed by atoms with E-state index >= 15 is 0 Å². The second-order valence-corrected chi connectivity index (χ2v) is 3.85. The smallest absolute Gasteiger partial charge is 0.0222 e. The van der Waals surface area contributed by atoms with Crippen LogP contribution in [0.5, 0.6) is 0 Å². The molecule has 1 unspecified atom stereocenters. The number of rotatable bonds is 4. The van der Waals surface area contributed by atoms with Crippen molar-refractivity contribution in [3.8, 4) is 0 Å². The predicted molar refractivity (Wildman–Crippen MR) is 60.6 cm³/mol. The minimum absolute atomic E-state index is 0.354. The first-order valence-electron chi connectivity index (χ1n) is 4.33. The quantitative estimate of drug-likeness (QED) is 0.797. The van der Waals surface area contributed by atoms with E-state index in [1.807, 2.05) is 18.2 Å². The fourth-order valence-electron chi connectivity index (χ4n) is 0.996. The van der Waals surface area contributed by atoms with Crippen LogP contribution in [0.3, 0.4) is 0 Å². The van der Waals surface area contributed by atoms with Gasteiger partial charge in [0.05, 0.1) is 0 Å². The molecule has 2 heteroatoms. The summed E-state index contributed by atoms with van der Waals surface area (Å²) in [6.07, 6.45) is 1.90. The van der Waals surface area contributed by atoms with Gasteiger partial charge < -0.3 is 5.32 Å². The van der Waals surface area contributed by atoms with Crippen molar-refractivity contribution in [2.75, 3.05) is 0 Å². The second-order valence-electron chi connectivity index (χ2n) is 3.00. The Morgan fingerprint density at radius 3 is 2.85 bits per heavy atom. The maximum Gasteiger partial charge on any atom is 0.0222 e. The molecule has 0 bridgehead atoms. The van der Waals surface area contributed by atoms with Crippen LogP contribution in [-0.4, -0.2) is 6.04 Å². The zero-order chi connectivity index (χ0) is 9.68. The molecule has 0 fully saturated rings. The summed E-state index contributed by atoms with van der Waals surface area (Å²) in [5.41, 5.74) is 1.27. The average Bonchev–Trinajstić information content (AvgIpc) is 2.16. The Labute approximate surface area is 88.0 Å². The highest BCUT2D eigenvalue weighted by atomic mass is 79.9. The Hall–Kier alpha value is -0.600. The van der Waals surface area contributed by atoms with E-state index in [2.05, 4.69) is 46.9 Å². The fourth-order valence-corrected chi connectivity index (χ4v) is 1.42. The van der Waals surface area contributed by atoms with Gasteiger partial charge in [0.2, 0.25) is 0 Å². The van der Waals surface area contributed by atoms with E-state index < -0.39 is 0 Å². The second kappa shape index (κ2) is 5.20. The van der Waals surface area contributed by atoms with E-state index in [-0.39, 0.29) is 0 Å². The molecule has 0 heterocycles. The van der Waals surface area contributed by atoms with Crippen LogP contribution in [0, 0.1) is 0 Å². The monoisotopic (exact) mass is 239 g/mol. The molecule has 1 aromatic carbocycles. The minimum atomic E-state index is 0.354. The zero-order valence-electron chi connectivity index (χ0n) is 7.76. The molecule has 1 N–H and O–H groups in total. The largest absolute Gasteiger partial charge is 0.307 e. The number of benzene rings is 1. The molecule has 1 nitrogen and oxygen atoms in total. The molecule has 0 saturated carbocycles. The third-order valence-corrected chi connectivity index (χ3v) is 2.70. The van der Waals surface area contributed by atoms with Crippen molar-refractivity contribution in [1.82, 2.24) is 5.32 Å². The maximum absolute atomic E-state index is 3.72. The highest BCUT2D eigenvalue weighted by Gasteiger charge is 1.99. The number of hydrogen-bond donors (Lipinski definition) is 1. The summed E-state index contributed by atoms with van der Waals surface area (Å²) >= 11 is 3.50. The normalized spacial score (nSPS) is 12.5. The summed E-state index contributed by atoms with van der Waals surface area (Å²) in [6, 6.07) is 8.57. The summed E-state index contributed by atoms with van der Waals surface area (Å²) in [5, 5.41) is 3.34. The molecular formula is C11H14BrN. The molecule has 0 aliphatic heterocycles. The molecule has 0 aromatic heterocycles. The third-order valence-electron chi connectivity index (χ3n) is 1.93. The summed E-state index contributed by atoms with van der Waals surface area (Å²) in [7, 11) is 0. The predicted octanol–water partition coefficient (Wildman–Crippen LogP) is 3.11. The highest BCUT2D eigenvalue weighted by molar-refractivity contribution is 9.10. The van der Waals surface area contributed by atoms with Crippen molar-refractivity contribution in [3.63, 3.8) is 0 Å². The molecule has 0 amide bonds. The molecule has 0 radical (unpaired) electrons. The van der Waals surface area contributed by atoms with Crippen LogP contribution in [0.15, 0.2) is 41.4 Å². The molecular weight excluding hydrogens is 226 g/mol. The Morgan fingerprint density at radius 1 is 1.54 bits per heavy atom. The lowest BCUT2D eigenvalue weighted by Crippen LogP contribution is -2.23. The van der Waals surface area contributed by atoms with Gasteiger partial charge in [-0.15, -0.1) is 6.58 Å². The van der Waals surface area contributed by atoms with Gasteiger partial charge in [0.25, 0.3) is 0 Å². The summed E-state index contributed by atoms with van der Waals surface area (Å²) in [5.74, 6) is 0. The van der Waals surface area contributed by atoms with E-state index in [1.165, 1.54) is 5.56 Å². The molecule has 1 atom stereocenters. The molecule has 0 aliphatic carbocycles. The van der Waals surface area contributed by atoms with Gasteiger partial charge in [0, 0.05) is 17.1 Å². The summed E-state index contributed by atoms with van der Waals surface area (Å²) in [4.78, 5) is 0. The van der Waals surface area contributed by atoms with Gasteiger partial charge in [-0.05, 0) is 18.6 Å². The van der Waals surface area contributed by atoms with E-state index in [4.69, 9.17) is 0 Å². The molecule has 1 rings (SSSR count). The lowest BCUT2D eigenvalue weighted by molar-refractivity contribution is 0.633. The lowest BCUT2D eigenvalue weighted by atomic mass is 10.2. The highest BCUT2D eigenvalue weighted by Crippen LogP contribution is 2.15. The van der Waals surface area contributed by atoms with Crippen LogP contribution in [0.4, 0.5) is 0 Å². The molecule has 1 aromatic rings. The van der Waals surface area contributed by atoms with E-state index in [0.29, 0.717) is 6.04 Å². The Kier molecular flexibility index (Phi) is 4.19. The first kappa shape index (κ1) is 10.5. The summed E-state index contributed by atoms with van der Waals surface area (Å²) in [6.45, 7) is 6.68. The SMILES string of the molecule is C=CC(C)NCc1ccccc1Br. The summed E-state index contributed by atoms with van der Waals surface area (Å²) < 4.78 is 1.15. The van der Waals surface area contributed by atoms with Gasteiger partial charge in [0.15, 0.2) is 0 Å². The first-order valence-corrected chi connectivity index (χ1v) is 5.12.